The zero-order valence-electron chi connectivity index (χ0n) is 16.1. The van der Waals surface area contributed by atoms with Crippen LogP contribution in [0.5, 0.6) is 0 Å². The van der Waals surface area contributed by atoms with Gasteiger partial charge in [-0.25, -0.2) is 0 Å². The van der Waals surface area contributed by atoms with Crippen molar-refractivity contribution >= 4 is 17.5 Å². The number of nitrogens with one attached hydrogen (secondary N) is 1. The Morgan fingerprint density at radius 2 is 1.89 bits per heavy atom. The number of hydrogen-bond acceptors (Lipinski definition) is 3. The molecule has 1 spiro atoms. The Kier molecular flexibility index (Phi) is 6.00. The molecule has 0 saturated carbocycles. The number of amides is 1. The second-order valence-electron chi connectivity index (χ2n) is 7.94. The molecule has 2 saturated heterocycles. The summed E-state index contributed by atoms with van der Waals surface area (Å²) in [7, 11) is 0. The molecular weight excluding hydrogens is 372 g/mol. The number of likely N-dealkylation sites (tertiary alicyclic amines) is 1. The highest BCUT2D eigenvalue weighted by Gasteiger charge is 2.42. The first kappa shape index (κ1) is 19.4. The molecule has 1 N–H and O–H groups in total. The first-order valence-corrected chi connectivity index (χ1v) is 10.5. The van der Waals surface area contributed by atoms with Crippen LogP contribution in [0, 0.1) is 0 Å². The lowest BCUT2D eigenvalue weighted by atomic mass is 9.88. The zero-order chi connectivity index (χ0) is 19.4. The summed E-state index contributed by atoms with van der Waals surface area (Å²) >= 11 is 6.10. The summed E-state index contributed by atoms with van der Waals surface area (Å²) in [5.41, 5.74) is 1.95. The highest BCUT2D eigenvalue weighted by atomic mass is 35.5. The fourth-order valence-corrected chi connectivity index (χ4v) is 4.53. The lowest BCUT2D eigenvalue weighted by Gasteiger charge is -2.39. The molecule has 5 heteroatoms. The largest absolute Gasteiger partial charge is 0.370 e. The Morgan fingerprint density at radius 1 is 1.11 bits per heavy atom. The van der Waals surface area contributed by atoms with Crippen LogP contribution in [0.4, 0.5) is 0 Å². The van der Waals surface area contributed by atoms with Gasteiger partial charge in [0.1, 0.15) is 0 Å². The summed E-state index contributed by atoms with van der Waals surface area (Å²) in [6.45, 7) is 3.60. The van der Waals surface area contributed by atoms with Gasteiger partial charge in [0.05, 0.1) is 11.7 Å². The molecule has 4 nitrogen and oxygen atoms in total. The molecule has 0 aromatic heterocycles. The van der Waals surface area contributed by atoms with E-state index in [0.29, 0.717) is 12.1 Å². The van der Waals surface area contributed by atoms with Gasteiger partial charge in [-0.15, -0.1) is 0 Å². The van der Waals surface area contributed by atoms with Gasteiger partial charge in [-0.2, -0.15) is 0 Å². The second kappa shape index (κ2) is 8.64. The van der Waals surface area contributed by atoms with E-state index in [2.05, 4.69) is 16.3 Å². The van der Waals surface area contributed by atoms with Gasteiger partial charge >= 0.3 is 0 Å². The fourth-order valence-electron chi connectivity index (χ4n) is 4.32. The molecule has 1 amide bonds. The second-order valence-corrected chi connectivity index (χ2v) is 8.38. The highest BCUT2D eigenvalue weighted by molar-refractivity contribution is 6.30. The summed E-state index contributed by atoms with van der Waals surface area (Å²) in [6.07, 6.45) is 4.33. The van der Waals surface area contributed by atoms with Crippen molar-refractivity contribution in [1.29, 1.82) is 0 Å². The molecule has 28 heavy (non-hydrogen) atoms. The average Bonchev–Trinajstić information content (AvgIpc) is 3.11. The van der Waals surface area contributed by atoms with Crippen molar-refractivity contribution in [2.75, 3.05) is 19.6 Å². The van der Waals surface area contributed by atoms with Crippen molar-refractivity contribution in [3.8, 4) is 0 Å². The molecule has 2 aliphatic rings. The molecule has 0 aliphatic carbocycles. The normalized spacial score (nSPS) is 21.7. The number of piperidine rings is 1. The third kappa shape index (κ3) is 4.75. The van der Waals surface area contributed by atoms with E-state index >= 15 is 0 Å². The molecule has 0 unspecified atom stereocenters. The number of ether oxygens (including phenoxy) is 1. The quantitative estimate of drug-likeness (QED) is 0.817. The van der Waals surface area contributed by atoms with Gasteiger partial charge in [0.2, 0.25) is 0 Å². The summed E-state index contributed by atoms with van der Waals surface area (Å²) in [5.74, 6) is -0.0264. The Balaban J connectivity index is 1.23. The third-order valence-electron chi connectivity index (χ3n) is 5.93. The number of rotatable bonds is 5. The van der Waals surface area contributed by atoms with Crippen LogP contribution in [0.15, 0.2) is 54.6 Å². The van der Waals surface area contributed by atoms with E-state index in [1.165, 1.54) is 5.56 Å². The number of benzene rings is 2. The molecule has 2 aromatic carbocycles. The van der Waals surface area contributed by atoms with Crippen molar-refractivity contribution in [3.05, 3.63) is 70.7 Å². The van der Waals surface area contributed by atoms with Crippen LogP contribution in [0.25, 0.3) is 0 Å². The molecule has 0 bridgehead atoms. The highest BCUT2D eigenvalue weighted by Crippen LogP contribution is 2.39. The molecule has 0 radical (unpaired) electrons. The van der Waals surface area contributed by atoms with E-state index in [-0.39, 0.29) is 17.6 Å². The first-order chi connectivity index (χ1) is 13.6. The Labute approximate surface area is 171 Å². The number of carbonyl (C=O) groups excluding carboxylic acids is 1. The van der Waals surface area contributed by atoms with Crippen molar-refractivity contribution in [3.63, 3.8) is 0 Å². The SMILES string of the molecule is O=C(NC[C@@H]1CCC2(CCN(Cc3cccc(Cl)c3)CC2)O1)c1ccccc1. The molecule has 4 rings (SSSR count). The maximum absolute atomic E-state index is 12.2. The van der Waals surface area contributed by atoms with Crippen LogP contribution in [-0.2, 0) is 11.3 Å². The van der Waals surface area contributed by atoms with Gasteiger partial charge in [-0.1, -0.05) is 41.9 Å². The smallest absolute Gasteiger partial charge is 0.251 e. The van der Waals surface area contributed by atoms with E-state index in [0.717, 1.165) is 50.3 Å². The predicted octanol–water partition coefficient (Wildman–Crippen LogP) is 4.28. The summed E-state index contributed by atoms with van der Waals surface area (Å²) in [4.78, 5) is 14.7. The summed E-state index contributed by atoms with van der Waals surface area (Å²) in [6, 6.07) is 17.5. The van der Waals surface area contributed by atoms with Crippen LogP contribution in [-0.4, -0.2) is 42.1 Å². The van der Waals surface area contributed by atoms with Crippen LogP contribution in [0.2, 0.25) is 5.02 Å². The van der Waals surface area contributed by atoms with E-state index in [1.807, 2.05) is 48.5 Å². The van der Waals surface area contributed by atoms with Gasteiger partial charge in [0, 0.05) is 36.8 Å². The monoisotopic (exact) mass is 398 g/mol. The number of halogens is 1. The minimum Gasteiger partial charge on any atom is -0.370 e. The van der Waals surface area contributed by atoms with Crippen LogP contribution in [0.3, 0.4) is 0 Å². The van der Waals surface area contributed by atoms with E-state index in [4.69, 9.17) is 16.3 Å². The van der Waals surface area contributed by atoms with Crippen LogP contribution < -0.4 is 5.32 Å². The number of nitrogens with zero attached hydrogens (tertiary/aromatic N) is 1. The molecule has 2 heterocycles. The van der Waals surface area contributed by atoms with Gasteiger partial charge in [0.15, 0.2) is 0 Å². The Hall–Kier alpha value is -1.88. The third-order valence-corrected chi connectivity index (χ3v) is 6.16. The number of hydrogen-bond donors (Lipinski definition) is 1. The van der Waals surface area contributed by atoms with Crippen LogP contribution >= 0.6 is 11.6 Å². The lowest BCUT2D eigenvalue weighted by molar-refractivity contribution is -0.0764. The Morgan fingerprint density at radius 3 is 2.64 bits per heavy atom. The molecule has 148 valence electrons. The minimum absolute atomic E-state index is 0.00697. The predicted molar refractivity (Wildman–Crippen MR) is 112 cm³/mol. The van der Waals surface area contributed by atoms with Crippen molar-refractivity contribution < 1.29 is 9.53 Å². The maximum Gasteiger partial charge on any atom is 0.251 e. The van der Waals surface area contributed by atoms with Crippen molar-refractivity contribution in [1.82, 2.24) is 10.2 Å². The minimum atomic E-state index is -0.0264. The van der Waals surface area contributed by atoms with Crippen molar-refractivity contribution in [2.24, 2.45) is 0 Å². The van der Waals surface area contributed by atoms with E-state index < -0.39 is 0 Å². The lowest BCUT2D eigenvalue weighted by Crippen LogP contribution is -2.44. The molecule has 2 aliphatic heterocycles. The molecule has 1 atom stereocenters. The number of carbonyl (C=O) groups is 1. The van der Waals surface area contributed by atoms with E-state index in [1.54, 1.807) is 0 Å². The molecule has 2 fully saturated rings. The van der Waals surface area contributed by atoms with Gasteiger partial charge in [0.25, 0.3) is 5.91 Å². The van der Waals surface area contributed by atoms with Gasteiger partial charge < -0.3 is 10.1 Å². The Bertz CT molecular complexity index is 803. The maximum atomic E-state index is 12.2. The van der Waals surface area contributed by atoms with E-state index in [9.17, 15) is 4.79 Å². The van der Waals surface area contributed by atoms with Gasteiger partial charge in [-0.3, -0.25) is 9.69 Å². The first-order valence-electron chi connectivity index (χ1n) is 10.1. The van der Waals surface area contributed by atoms with Crippen molar-refractivity contribution in [2.45, 2.75) is 43.9 Å². The molecule has 2 aromatic rings. The topological polar surface area (TPSA) is 41.6 Å². The van der Waals surface area contributed by atoms with Gasteiger partial charge in [-0.05, 0) is 55.5 Å². The summed E-state index contributed by atoms with van der Waals surface area (Å²) in [5, 5.41) is 3.82. The fraction of sp³-hybridized carbons (Fsp3) is 0.435. The standard InChI is InChI=1S/C23H27ClN2O2/c24-20-8-4-5-18(15-20)17-26-13-11-23(12-14-26)10-9-21(28-23)16-25-22(27)19-6-2-1-3-7-19/h1-8,15,21H,9-14,16-17H2,(H,25,27)/t21-/m0/s1. The van der Waals surface area contributed by atoms with Crippen LogP contribution in [0.1, 0.15) is 41.6 Å². The average molecular weight is 399 g/mol. The molecular formula is C23H27ClN2O2. The zero-order valence-corrected chi connectivity index (χ0v) is 16.8. The summed E-state index contributed by atoms with van der Waals surface area (Å²) < 4.78 is 6.43.